The molecule has 0 spiro atoms. The van der Waals surface area contributed by atoms with Crippen LogP contribution in [0.1, 0.15) is 51.9 Å². The zero-order chi connectivity index (χ0) is 18.0. The van der Waals surface area contributed by atoms with E-state index in [0.29, 0.717) is 26.1 Å². The number of nitrogens with one attached hydrogen (secondary N) is 1. The summed E-state index contributed by atoms with van der Waals surface area (Å²) in [6.45, 7) is 3.59. The normalized spacial score (nSPS) is 30.5. The Balaban J connectivity index is 1.55. The number of piperidine rings is 1. The Labute approximate surface area is 148 Å². The van der Waals surface area contributed by atoms with Gasteiger partial charge >= 0.3 is 12.0 Å². The first kappa shape index (κ1) is 18.0. The number of carbonyl (C=O) groups excluding carboxylic acids is 2. The zero-order valence-corrected chi connectivity index (χ0v) is 15.0. The summed E-state index contributed by atoms with van der Waals surface area (Å²) in [6.07, 6.45) is 6.51. The molecule has 3 rings (SSSR count). The molecule has 2 aliphatic heterocycles. The maximum atomic E-state index is 12.8. The summed E-state index contributed by atoms with van der Waals surface area (Å²) in [6, 6.07) is 0.222. The van der Waals surface area contributed by atoms with E-state index in [1.54, 1.807) is 16.7 Å². The number of hydrogen-bond donors (Lipinski definition) is 2. The number of nitrogens with zero attached hydrogens (tertiary/aromatic N) is 2. The molecule has 0 aromatic rings. The van der Waals surface area contributed by atoms with Crippen LogP contribution in [0, 0.1) is 11.3 Å². The molecule has 140 valence electrons. The molecule has 3 amide bonds. The number of urea groups is 1. The average molecular weight is 351 g/mol. The molecular formula is C18H29N3O4. The van der Waals surface area contributed by atoms with Crippen molar-refractivity contribution < 1.29 is 19.5 Å². The second-order valence-corrected chi connectivity index (χ2v) is 8.09. The minimum atomic E-state index is -0.844. The lowest BCUT2D eigenvalue weighted by Crippen LogP contribution is -2.51. The van der Waals surface area contributed by atoms with E-state index in [9.17, 15) is 19.5 Å². The highest BCUT2D eigenvalue weighted by molar-refractivity contribution is 5.83. The minimum absolute atomic E-state index is 0.00309. The van der Waals surface area contributed by atoms with Crippen molar-refractivity contribution >= 4 is 17.9 Å². The van der Waals surface area contributed by atoms with Crippen LogP contribution in [0.25, 0.3) is 0 Å². The van der Waals surface area contributed by atoms with Crippen LogP contribution in [-0.2, 0) is 9.59 Å². The fourth-order valence-electron chi connectivity index (χ4n) is 4.28. The van der Waals surface area contributed by atoms with E-state index in [1.807, 2.05) is 0 Å². The fourth-order valence-corrected chi connectivity index (χ4v) is 4.28. The van der Waals surface area contributed by atoms with Gasteiger partial charge in [-0.2, -0.15) is 0 Å². The molecule has 7 nitrogen and oxygen atoms in total. The molecule has 0 aromatic heterocycles. The Morgan fingerprint density at radius 2 is 1.76 bits per heavy atom. The summed E-state index contributed by atoms with van der Waals surface area (Å²) in [5.41, 5.74) is -0.843. The first-order valence-corrected chi connectivity index (χ1v) is 9.47. The highest BCUT2D eigenvalue weighted by atomic mass is 16.4. The van der Waals surface area contributed by atoms with E-state index in [1.165, 1.54) is 12.8 Å². The Kier molecular flexibility index (Phi) is 5.20. The Hall–Kier alpha value is -1.79. The van der Waals surface area contributed by atoms with E-state index in [2.05, 4.69) is 5.32 Å². The van der Waals surface area contributed by atoms with Crippen molar-refractivity contribution in [2.75, 3.05) is 26.2 Å². The summed E-state index contributed by atoms with van der Waals surface area (Å²) in [7, 11) is 0. The molecule has 25 heavy (non-hydrogen) atoms. The summed E-state index contributed by atoms with van der Waals surface area (Å²) in [5.74, 6) is -1.05. The lowest BCUT2D eigenvalue weighted by atomic mass is 9.90. The van der Waals surface area contributed by atoms with Gasteiger partial charge in [0.1, 0.15) is 0 Å². The van der Waals surface area contributed by atoms with Crippen molar-refractivity contribution in [3.63, 3.8) is 0 Å². The molecule has 1 saturated carbocycles. The number of carboxylic acid groups (broad SMARTS) is 1. The molecule has 1 aliphatic carbocycles. The van der Waals surface area contributed by atoms with Crippen LogP contribution in [0.3, 0.4) is 0 Å². The smallest absolute Gasteiger partial charge is 0.317 e. The largest absolute Gasteiger partial charge is 0.481 e. The predicted molar refractivity (Wildman–Crippen MR) is 92.0 cm³/mol. The number of carbonyl (C=O) groups is 3. The molecular weight excluding hydrogens is 322 g/mol. The Morgan fingerprint density at radius 3 is 2.40 bits per heavy atom. The van der Waals surface area contributed by atoms with E-state index in [-0.39, 0.29) is 30.4 Å². The second kappa shape index (κ2) is 7.22. The van der Waals surface area contributed by atoms with Gasteiger partial charge in [0.2, 0.25) is 5.91 Å². The van der Waals surface area contributed by atoms with E-state index in [4.69, 9.17) is 0 Å². The van der Waals surface area contributed by atoms with Gasteiger partial charge in [0, 0.05) is 32.2 Å². The van der Waals surface area contributed by atoms with Gasteiger partial charge < -0.3 is 20.2 Å². The van der Waals surface area contributed by atoms with E-state index in [0.717, 1.165) is 25.7 Å². The van der Waals surface area contributed by atoms with Crippen LogP contribution in [0.2, 0.25) is 0 Å². The third-order valence-corrected chi connectivity index (χ3v) is 6.04. The fraction of sp³-hybridized carbons (Fsp3) is 0.833. The minimum Gasteiger partial charge on any atom is -0.481 e. The van der Waals surface area contributed by atoms with Crippen LogP contribution in [-0.4, -0.2) is 65.0 Å². The second-order valence-electron chi connectivity index (χ2n) is 8.09. The zero-order valence-electron chi connectivity index (χ0n) is 15.0. The molecule has 7 heteroatoms. The number of likely N-dealkylation sites (tertiary alicyclic amines) is 2. The van der Waals surface area contributed by atoms with Gasteiger partial charge in [0.25, 0.3) is 0 Å². The Morgan fingerprint density at radius 1 is 1.04 bits per heavy atom. The Bertz CT molecular complexity index is 546. The predicted octanol–water partition coefficient (Wildman–Crippen LogP) is 1.67. The van der Waals surface area contributed by atoms with Gasteiger partial charge in [-0.1, -0.05) is 12.8 Å². The van der Waals surface area contributed by atoms with Gasteiger partial charge in [0.15, 0.2) is 0 Å². The molecule has 2 saturated heterocycles. The number of carboxylic acids is 1. The van der Waals surface area contributed by atoms with Crippen LogP contribution in [0.4, 0.5) is 4.79 Å². The monoisotopic (exact) mass is 351 g/mol. The molecule has 3 aliphatic rings. The first-order chi connectivity index (χ1) is 11.9. The number of rotatable bonds is 3. The van der Waals surface area contributed by atoms with Crippen molar-refractivity contribution in [2.24, 2.45) is 11.3 Å². The highest BCUT2D eigenvalue weighted by Gasteiger charge is 2.44. The van der Waals surface area contributed by atoms with Crippen molar-refractivity contribution in [3.8, 4) is 0 Å². The van der Waals surface area contributed by atoms with Gasteiger partial charge in [-0.3, -0.25) is 9.59 Å². The molecule has 2 unspecified atom stereocenters. The summed E-state index contributed by atoms with van der Waals surface area (Å²) in [5, 5.41) is 12.4. The van der Waals surface area contributed by atoms with Crippen molar-refractivity contribution in [3.05, 3.63) is 0 Å². The molecule has 0 aromatic carbocycles. The van der Waals surface area contributed by atoms with Crippen LogP contribution in [0.15, 0.2) is 0 Å². The van der Waals surface area contributed by atoms with Gasteiger partial charge in [-0.05, 0) is 39.0 Å². The number of aliphatic carboxylic acids is 1. The number of amides is 3. The quantitative estimate of drug-likeness (QED) is 0.809. The third kappa shape index (κ3) is 3.90. The van der Waals surface area contributed by atoms with Gasteiger partial charge in [-0.25, -0.2) is 4.79 Å². The van der Waals surface area contributed by atoms with Crippen LogP contribution >= 0.6 is 0 Å². The van der Waals surface area contributed by atoms with Gasteiger partial charge in [-0.15, -0.1) is 0 Å². The summed E-state index contributed by atoms with van der Waals surface area (Å²) >= 11 is 0. The van der Waals surface area contributed by atoms with E-state index >= 15 is 0 Å². The summed E-state index contributed by atoms with van der Waals surface area (Å²) < 4.78 is 0. The standard InChI is InChI=1S/C18H29N3O4/c1-18(16(23)24)8-10-21(12-18)15(22)13-5-4-9-20(11-13)17(25)19-14-6-2-3-7-14/h13-14H,2-12H2,1H3,(H,19,25)(H,23,24). The van der Waals surface area contributed by atoms with Crippen LogP contribution < -0.4 is 5.32 Å². The van der Waals surface area contributed by atoms with Crippen molar-refractivity contribution in [1.82, 2.24) is 15.1 Å². The molecule has 0 radical (unpaired) electrons. The van der Waals surface area contributed by atoms with Crippen molar-refractivity contribution in [1.29, 1.82) is 0 Å². The van der Waals surface area contributed by atoms with Crippen LogP contribution in [0.5, 0.6) is 0 Å². The number of hydrogen-bond acceptors (Lipinski definition) is 3. The SMILES string of the molecule is CC1(C(=O)O)CCN(C(=O)C2CCCN(C(=O)NC3CCCC3)C2)C1. The molecule has 2 N–H and O–H groups in total. The molecule has 2 heterocycles. The third-order valence-electron chi connectivity index (χ3n) is 6.04. The average Bonchev–Trinajstić information content (AvgIpc) is 3.25. The van der Waals surface area contributed by atoms with E-state index < -0.39 is 11.4 Å². The maximum absolute atomic E-state index is 12.8. The highest BCUT2D eigenvalue weighted by Crippen LogP contribution is 2.32. The van der Waals surface area contributed by atoms with Gasteiger partial charge in [0.05, 0.1) is 11.3 Å². The topological polar surface area (TPSA) is 90.0 Å². The lowest BCUT2D eigenvalue weighted by molar-refractivity contribution is -0.147. The molecule has 3 fully saturated rings. The first-order valence-electron chi connectivity index (χ1n) is 9.47. The summed E-state index contributed by atoms with van der Waals surface area (Å²) in [4.78, 5) is 40.1. The van der Waals surface area contributed by atoms with Crippen molar-refractivity contribution in [2.45, 2.75) is 57.9 Å². The molecule has 0 bridgehead atoms. The maximum Gasteiger partial charge on any atom is 0.317 e. The lowest BCUT2D eigenvalue weighted by Gasteiger charge is -2.34. The molecule has 2 atom stereocenters.